The van der Waals surface area contributed by atoms with Crippen molar-refractivity contribution in [3.05, 3.63) is 0 Å². The van der Waals surface area contributed by atoms with E-state index in [-0.39, 0.29) is 18.2 Å². The second kappa shape index (κ2) is 8.31. The molecule has 2 atom stereocenters. The van der Waals surface area contributed by atoms with Crippen LogP contribution in [0.5, 0.6) is 0 Å². The van der Waals surface area contributed by atoms with E-state index < -0.39 is 0 Å². The van der Waals surface area contributed by atoms with E-state index in [9.17, 15) is 4.79 Å². The molecule has 0 unspecified atom stereocenters. The van der Waals surface area contributed by atoms with Crippen LogP contribution in [0, 0.1) is 0 Å². The Hall–Kier alpha value is -0.810. The van der Waals surface area contributed by atoms with Crippen molar-refractivity contribution in [1.29, 1.82) is 0 Å². The van der Waals surface area contributed by atoms with E-state index in [1.165, 1.54) is 0 Å². The minimum atomic E-state index is -0.0939. The van der Waals surface area contributed by atoms with Crippen molar-refractivity contribution in [3.8, 4) is 0 Å². The Balaban J connectivity index is 1.90. The van der Waals surface area contributed by atoms with Crippen LogP contribution in [-0.4, -0.2) is 44.5 Å². The van der Waals surface area contributed by atoms with Crippen molar-refractivity contribution in [2.75, 3.05) is 26.4 Å². The predicted octanol–water partition coefficient (Wildman–Crippen LogP) is 1.28. The first kappa shape index (κ1) is 14.3. The van der Waals surface area contributed by atoms with E-state index in [1.807, 2.05) is 13.8 Å². The van der Waals surface area contributed by atoms with E-state index in [2.05, 4.69) is 10.6 Å². The standard InChI is InChI=1S/C12H24N2O3/c1-3-10(2)14-12(15)13-6-4-7-17-11-5-8-16-9-11/h10-11H,3-9H2,1-2H3,(H2,13,14,15)/t10-,11-/m0/s1. The molecule has 0 aromatic heterocycles. The second-order valence-corrected chi connectivity index (χ2v) is 4.42. The first-order chi connectivity index (χ1) is 8.22. The molecule has 2 N–H and O–H groups in total. The number of amides is 2. The molecule has 1 aliphatic heterocycles. The lowest BCUT2D eigenvalue weighted by atomic mass is 10.3. The summed E-state index contributed by atoms with van der Waals surface area (Å²) in [5, 5.41) is 5.66. The normalized spacial score (nSPS) is 21.2. The van der Waals surface area contributed by atoms with Crippen molar-refractivity contribution >= 4 is 6.03 Å². The largest absolute Gasteiger partial charge is 0.379 e. The van der Waals surface area contributed by atoms with Gasteiger partial charge in [-0.3, -0.25) is 0 Å². The zero-order valence-electron chi connectivity index (χ0n) is 10.8. The molecule has 100 valence electrons. The third-order valence-corrected chi connectivity index (χ3v) is 2.84. The topological polar surface area (TPSA) is 59.6 Å². The van der Waals surface area contributed by atoms with Gasteiger partial charge in [0.1, 0.15) is 0 Å². The molecule has 2 amide bonds. The molecule has 1 aliphatic rings. The van der Waals surface area contributed by atoms with Gasteiger partial charge in [0.25, 0.3) is 0 Å². The summed E-state index contributed by atoms with van der Waals surface area (Å²) >= 11 is 0. The van der Waals surface area contributed by atoms with Gasteiger partial charge in [-0.05, 0) is 26.2 Å². The summed E-state index contributed by atoms with van der Waals surface area (Å²) in [7, 11) is 0. The Bertz CT molecular complexity index is 218. The van der Waals surface area contributed by atoms with Crippen molar-refractivity contribution in [2.45, 2.75) is 45.3 Å². The Morgan fingerprint density at radius 3 is 3.06 bits per heavy atom. The van der Waals surface area contributed by atoms with Crippen LogP contribution in [0.3, 0.4) is 0 Å². The van der Waals surface area contributed by atoms with Gasteiger partial charge in [0.05, 0.1) is 12.7 Å². The number of carbonyl (C=O) groups is 1. The van der Waals surface area contributed by atoms with Gasteiger partial charge >= 0.3 is 6.03 Å². The smallest absolute Gasteiger partial charge is 0.314 e. The monoisotopic (exact) mass is 244 g/mol. The number of carbonyl (C=O) groups excluding carboxylic acids is 1. The Labute approximate surface area is 103 Å². The first-order valence-electron chi connectivity index (χ1n) is 6.46. The Kier molecular flexibility index (Phi) is 6.96. The van der Waals surface area contributed by atoms with Crippen LogP contribution >= 0.6 is 0 Å². The SMILES string of the molecule is CC[C@H](C)NC(=O)NCCCO[C@H]1CCOC1. The molecule has 5 nitrogen and oxygen atoms in total. The average Bonchev–Trinajstić information content (AvgIpc) is 2.81. The van der Waals surface area contributed by atoms with Gasteiger partial charge in [0.15, 0.2) is 0 Å². The van der Waals surface area contributed by atoms with Crippen LogP contribution < -0.4 is 10.6 Å². The van der Waals surface area contributed by atoms with Gasteiger partial charge in [-0.2, -0.15) is 0 Å². The second-order valence-electron chi connectivity index (χ2n) is 4.42. The highest BCUT2D eigenvalue weighted by molar-refractivity contribution is 5.74. The fourth-order valence-corrected chi connectivity index (χ4v) is 1.55. The van der Waals surface area contributed by atoms with Crippen molar-refractivity contribution in [2.24, 2.45) is 0 Å². The summed E-state index contributed by atoms with van der Waals surface area (Å²) in [4.78, 5) is 11.3. The zero-order chi connectivity index (χ0) is 12.5. The zero-order valence-corrected chi connectivity index (χ0v) is 10.8. The van der Waals surface area contributed by atoms with E-state index >= 15 is 0 Å². The van der Waals surface area contributed by atoms with Gasteiger partial charge in [-0.15, -0.1) is 0 Å². The van der Waals surface area contributed by atoms with Gasteiger partial charge in [0.2, 0.25) is 0 Å². The fourth-order valence-electron chi connectivity index (χ4n) is 1.55. The predicted molar refractivity (Wildman–Crippen MR) is 66.1 cm³/mol. The highest BCUT2D eigenvalue weighted by Gasteiger charge is 2.15. The maximum atomic E-state index is 11.3. The van der Waals surface area contributed by atoms with Crippen LogP contribution in [0.2, 0.25) is 0 Å². The van der Waals surface area contributed by atoms with Gasteiger partial charge in [-0.1, -0.05) is 6.92 Å². The van der Waals surface area contributed by atoms with Gasteiger partial charge in [-0.25, -0.2) is 4.79 Å². The molecule has 17 heavy (non-hydrogen) atoms. The lowest BCUT2D eigenvalue weighted by molar-refractivity contribution is 0.0418. The van der Waals surface area contributed by atoms with Crippen LogP contribution in [0.4, 0.5) is 4.79 Å². The van der Waals surface area contributed by atoms with Crippen molar-refractivity contribution in [1.82, 2.24) is 10.6 Å². The minimum Gasteiger partial charge on any atom is -0.379 e. The molecule has 0 radical (unpaired) electrons. The van der Waals surface area contributed by atoms with E-state index in [1.54, 1.807) is 0 Å². The maximum absolute atomic E-state index is 11.3. The molecule has 0 spiro atoms. The summed E-state index contributed by atoms with van der Waals surface area (Å²) in [5.41, 5.74) is 0. The van der Waals surface area contributed by atoms with Crippen LogP contribution in [-0.2, 0) is 9.47 Å². The highest BCUT2D eigenvalue weighted by Crippen LogP contribution is 2.07. The number of hydrogen-bond acceptors (Lipinski definition) is 3. The molecule has 0 saturated carbocycles. The molecule has 1 fully saturated rings. The van der Waals surface area contributed by atoms with Crippen molar-refractivity contribution in [3.63, 3.8) is 0 Å². The number of urea groups is 1. The number of hydrogen-bond donors (Lipinski definition) is 2. The van der Waals surface area contributed by atoms with Crippen LogP contribution in [0.25, 0.3) is 0 Å². The fraction of sp³-hybridized carbons (Fsp3) is 0.917. The minimum absolute atomic E-state index is 0.0939. The molecule has 5 heteroatoms. The van der Waals surface area contributed by atoms with E-state index in [0.717, 1.165) is 25.9 Å². The van der Waals surface area contributed by atoms with Crippen molar-refractivity contribution < 1.29 is 14.3 Å². The Morgan fingerprint density at radius 1 is 1.59 bits per heavy atom. The van der Waals surface area contributed by atoms with Gasteiger partial charge < -0.3 is 20.1 Å². The maximum Gasteiger partial charge on any atom is 0.314 e. The average molecular weight is 244 g/mol. The molecule has 0 aliphatic carbocycles. The molecule has 0 aromatic carbocycles. The summed E-state index contributed by atoms with van der Waals surface area (Å²) < 4.78 is 10.8. The van der Waals surface area contributed by atoms with Crippen LogP contribution in [0.15, 0.2) is 0 Å². The van der Waals surface area contributed by atoms with E-state index in [0.29, 0.717) is 19.8 Å². The molecule has 1 rings (SSSR count). The van der Waals surface area contributed by atoms with E-state index in [4.69, 9.17) is 9.47 Å². The summed E-state index contributed by atoms with van der Waals surface area (Å²) in [6, 6.07) is 0.130. The molecule has 1 heterocycles. The molecule has 0 aromatic rings. The third kappa shape index (κ3) is 6.48. The Morgan fingerprint density at radius 2 is 2.41 bits per heavy atom. The molecular formula is C12H24N2O3. The summed E-state index contributed by atoms with van der Waals surface area (Å²) in [6.45, 7) is 6.88. The number of ether oxygens (including phenoxy) is 2. The lowest BCUT2D eigenvalue weighted by Crippen LogP contribution is -2.41. The third-order valence-electron chi connectivity index (χ3n) is 2.84. The molecular weight excluding hydrogens is 220 g/mol. The number of rotatable bonds is 7. The lowest BCUT2D eigenvalue weighted by Gasteiger charge is -2.13. The molecule has 1 saturated heterocycles. The molecule has 0 bridgehead atoms. The summed E-state index contributed by atoms with van der Waals surface area (Å²) in [6.07, 6.45) is 3.02. The quantitative estimate of drug-likeness (QED) is 0.663. The first-order valence-corrected chi connectivity index (χ1v) is 6.46. The van der Waals surface area contributed by atoms with Crippen LogP contribution in [0.1, 0.15) is 33.1 Å². The number of nitrogens with one attached hydrogen (secondary N) is 2. The summed E-state index contributed by atoms with van der Waals surface area (Å²) in [5.74, 6) is 0. The van der Waals surface area contributed by atoms with Gasteiger partial charge in [0, 0.05) is 25.8 Å². The highest BCUT2D eigenvalue weighted by atomic mass is 16.5.